The highest BCUT2D eigenvalue weighted by atomic mass is 35.5. The Bertz CT molecular complexity index is 1170. The molecule has 0 amide bonds. The number of halogens is 1. The number of nitrogens with zero attached hydrogens (tertiary/aromatic N) is 1. The van der Waals surface area contributed by atoms with Crippen LogP contribution < -0.4 is 0 Å². The number of rotatable bonds is 9. The third-order valence-corrected chi connectivity index (χ3v) is 4.44. The van der Waals surface area contributed by atoms with E-state index in [-0.39, 0.29) is 10.4 Å². The number of aromatic nitrogens is 1. The lowest BCUT2D eigenvalue weighted by Gasteiger charge is -2.26. The minimum Gasteiger partial charge on any atom is -0.481 e. The number of aliphatic carboxylic acids is 3. The number of hydrogen-bond donors (Lipinski definition) is 5. The van der Waals surface area contributed by atoms with Crippen molar-refractivity contribution in [2.45, 2.75) is 18.4 Å². The van der Waals surface area contributed by atoms with Crippen LogP contribution in [0.3, 0.4) is 0 Å². The Morgan fingerprint density at radius 3 is 1.91 bits per heavy atom. The van der Waals surface area contributed by atoms with Crippen LogP contribution in [-0.4, -0.2) is 71.9 Å². The molecule has 2 aromatic rings. The number of pyridine rings is 1. The predicted molar refractivity (Wildman–Crippen MR) is 101 cm³/mol. The van der Waals surface area contributed by atoms with Gasteiger partial charge in [-0.2, -0.15) is 0 Å². The van der Waals surface area contributed by atoms with Gasteiger partial charge in [0.25, 0.3) is 0 Å². The summed E-state index contributed by atoms with van der Waals surface area (Å²) in [7, 11) is 0. The maximum Gasteiger partial charge on any atom is 0.359 e. The van der Waals surface area contributed by atoms with E-state index < -0.39 is 76.6 Å². The van der Waals surface area contributed by atoms with Crippen molar-refractivity contribution in [1.29, 1.82) is 0 Å². The van der Waals surface area contributed by atoms with Crippen LogP contribution in [0.5, 0.6) is 0 Å². The van der Waals surface area contributed by atoms with Gasteiger partial charge in [0, 0.05) is 5.39 Å². The molecule has 0 aliphatic carbocycles. The molecular formula is C18H12ClNO12. The number of carboxylic acids is 5. The van der Waals surface area contributed by atoms with Crippen LogP contribution in [-0.2, 0) is 19.1 Å². The van der Waals surface area contributed by atoms with Crippen LogP contribution in [0.15, 0.2) is 18.2 Å². The van der Waals surface area contributed by atoms with Crippen molar-refractivity contribution < 1.29 is 59.0 Å². The first-order valence-electron chi connectivity index (χ1n) is 8.29. The molecule has 13 nitrogen and oxygen atoms in total. The van der Waals surface area contributed by atoms with E-state index in [0.29, 0.717) is 0 Å². The number of carboxylic acid groups (broad SMARTS) is 5. The Hall–Kier alpha value is -4.26. The summed E-state index contributed by atoms with van der Waals surface area (Å²) in [5, 5.41) is 45.7. The van der Waals surface area contributed by atoms with Crippen molar-refractivity contribution >= 4 is 58.3 Å². The largest absolute Gasteiger partial charge is 0.481 e. The molecule has 14 heteroatoms. The summed E-state index contributed by atoms with van der Waals surface area (Å²) in [4.78, 5) is 73.3. The Morgan fingerprint density at radius 1 is 0.906 bits per heavy atom. The second kappa shape index (κ2) is 8.85. The second-order valence-electron chi connectivity index (χ2n) is 6.32. The van der Waals surface area contributed by atoms with E-state index in [1.807, 2.05) is 0 Å². The summed E-state index contributed by atoms with van der Waals surface area (Å²) in [6.45, 7) is 0. The van der Waals surface area contributed by atoms with Gasteiger partial charge in [0.1, 0.15) is 5.56 Å². The number of ether oxygens (including phenoxy) is 1. The molecule has 0 aliphatic rings. The molecule has 1 heterocycles. The van der Waals surface area contributed by atoms with E-state index in [9.17, 15) is 44.1 Å². The lowest BCUT2D eigenvalue weighted by molar-refractivity contribution is -0.171. The normalized spacial score (nSPS) is 11.0. The topological polar surface area (TPSA) is 226 Å². The van der Waals surface area contributed by atoms with Crippen molar-refractivity contribution in [3.63, 3.8) is 0 Å². The predicted octanol–water partition coefficient (Wildman–Crippen LogP) is 1.21. The number of carbonyl (C=O) groups excluding carboxylic acids is 1. The number of aromatic carboxylic acids is 2. The number of fused-ring (bicyclic) bond motifs is 1. The van der Waals surface area contributed by atoms with Gasteiger partial charge in [-0.3, -0.25) is 9.59 Å². The first kappa shape index (κ1) is 24.0. The van der Waals surface area contributed by atoms with Crippen molar-refractivity contribution in [2.75, 3.05) is 0 Å². The molecule has 1 aromatic heterocycles. The Labute approximate surface area is 181 Å². The molecule has 0 fully saturated rings. The molecule has 2 rings (SSSR count). The number of carbonyl (C=O) groups is 6. The van der Waals surface area contributed by atoms with Crippen LogP contribution in [0, 0.1) is 0 Å². The maximum atomic E-state index is 12.7. The first-order valence-corrected chi connectivity index (χ1v) is 8.67. The fourth-order valence-electron chi connectivity index (χ4n) is 2.78. The van der Waals surface area contributed by atoms with E-state index in [0.717, 1.165) is 12.1 Å². The Balaban J connectivity index is 2.75. The maximum absolute atomic E-state index is 12.7. The van der Waals surface area contributed by atoms with Crippen LogP contribution in [0.4, 0.5) is 0 Å². The van der Waals surface area contributed by atoms with Crippen molar-refractivity contribution in [2.24, 2.45) is 0 Å². The van der Waals surface area contributed by atoms with E-state index in [4.69, 9.17) is 21.8 Å². The third-order valence-electron chi connectivity index (χ3n) is 4.13. The van der Waals surface area contributed by atoms with Gasteiger partial charge in [0.05, 0.1) is 28.9 Å². The molecule has 5 N–H and O–H groups in total. The van der Waals surface area contributed by atoms with Gasteiger partial charge in [-0.05, 0) is 12.1 Å². The molecule has 0 radical (unpaired) electrons. The van der Waals surface area contributed by atoms with Crippen molar-refractivity contribution in [1.82, 2.24) is 4.98 Å². The lowest BCUT2D eigenvalue weighted by atomic mass is 9.95. The molecule has 32 heavy (non-hydrogen) atoms. The molecule has 0 bridgehead atoms. The van der Waals surface area contributed by atoms with Gasteiger partial charge in [0.2, 0.25) is 5.60 Å². The molecule has 0 saturated carbocycles. The minimum absolute atomic E-state index is 0.0543. The number of benzene rings is 1. The van der Waals surface area contributed by atoms with E-state index in [1.54, 1.807) is 0 Å². The van der Waals surface area contributed by atoms with Gasteiger partial charge in [-0.1, -0.05) is 17.7 Å². The van der Waals surface area contributed by atoms with Gasteiger partial charge in [0.15, 0.2) is 5.69 Å². The highest BCUT2D eigenvalue weighted by Gasteiger charge is 2.48. The van der Waals surface area contributed by atoms with Gasteiger partial charge in [-0.15, -0.1) is 0 Å². The fourth-order valence-corrected chi connectivity index (χ4v) is 3.01. The molecule has 0 unspecified atom stereocenters. The van der Waals surface area contributed by atoms with Crippen molar-refractivity contribution in [3.8, 4) is 0 Å². The van der Waals surface area contributed by atoms with Crippen LogP contribution in [0.25, 0.3) is 10.9 Å². The Morgan fingerprint density at radius 2 is 1.47 bits per heavy atom. The summed E-state index contributed by atoms with van der Waals surface area (Å²) in [6.07, 6.45) is -2.94. The molecular weight excluding hydrogens is 458 g/mol. The lowest BCUT2D eigenvalue weighted by Crippen LogP contribution is -2.47. The van der Waals surface area contributed by atoms with Crippen molar-refractivity contribution in [3.05, 3.63) is 40.0 Å². The summed E-state index contributed by atoms with van der Waals surface area (Å²) in [5.41, 5.74) is -6.08. The minimum atomic E-state index is -3.11. The smallest absolute Gasteiger partial charge is 0.359 e. The van der Waals surface area contributed by atoms with E-state index in [1.165, 1.54) is 6.07 Å². The quantitative estimate of drug-likeness (QED) is 0.326. The molecule has 168 valence electrons. The highest BCUT2D eigenvalue weighted by Crippen LogP contribution is 2.29. The average Bonchev–Trinajstić information content (AvgIpc) is 2.64. The SMILES string of the molecule is O=C(O)CC(CC(=O)O)(OC(=O)c1nc2c(C(=O)O)c(Cl)ccc2cc1C(=O)O)C(=O)O. The molecule has 0 saturated heterocycles. The van der Waals surface area contributed by atoms with Crippen LogP contribution in [0.2, 0.25) is 5.02 Å². The van der Waals surface area contributed by atoms with Gasteiger partial charge >= 0.3 is 35.8 Å². The number of esters is 1. The second-order valence-corrected chi connectivity index (χ2v) is 6.73. The van der Waals surface area contributed by atoms with Crippen LogP contribution >= 0.6 is 11.6 Å². The molecule has 0 atom stereocenters. The third kappa shape index (κ3) is 4.73. The summed E-state index contributed by atoms with van der Waals surface area (Å²) < 4.78 is 4.67. The molecule has 0 spiro atoms. The van der Waals surface area contributed by atoms with E-state index >= 15 is 0 Å². The fraction of sp³-hybridized carbons (Fsp3) is 0.167. The molecule has 1 aromatic carbocycles. The monoisotopic (exact) mass is 469 g/mol. The standard InChI is InChI=1S/C18H12ClNO12/c19-8-2-1-6-3-7(14(25)26)13(20-12(6)11(8)15(27)28)16(29)32-18(17(30)31,4-9(21)22)5-10(23)24/h1-3H,4-5H2,(H,21,22)(H,23,24)(H,25,26)(H,27,28)(H,30,31). The Kier molecular flexibility index (Phi) is 6.64. The summed E-state index contributed by atoms with van der Waals surface area (Å²) in [5.74, 6) is -10.9. The van der Waals surface area contributed by atoms with E-state index in [2.05, 4.69) is 9.72 Å². The number of hydrogen-bond acceptors (Lipinski definition) is 8. The first-order chi connectivity index (χ1) is 14.8. The summed E-state index contributed by atoms with van der Waals surface area (Å²) in [6, 6.07) is 3.21. The van der Waals surface area contributed by atoms with Gasteiger partial charge in [-0.25, -0.2) is 24.2 Å². The zero-order valence-corrected chi connectivity index (χ0v) is 16.3. The highest BCUT2D eigenvalue weighted by molar-refractivity contribution is 6.35. The average molecular weight is 470 g/mol. The zero-order valence-electron chi connectivity index (χ0n) is 15.6. The van der Waals surface area contributed by atoms with Gasteiger partial charge < -0.3 is 30.3 Å². The zero-order chi connectivity index (χ0) is 24.4. The molecule has 0 aliphatic heterocycles. The van der Waals surface area contributed by atoms with Crippen LogP contribution in [0.1, 0.15) is 44.0 Å². The summed E-state index contributed by atoms with van der Waals surface area (Å²) >= 11 is 5.83.